The molecule has 3 N–H and O–H groups in total. The van der Waals surface area contributed by atoms with E-state index in [-0.39, 0.29) is 22.5 Å². The van der Waals surface area contributed by atoms with Gasteiger partial charge in [-0.15, -0.1) is 23.1 Å². The third kappa shape index (κ3) is 8.35. The molecule has 0 fully saturated rings. The second-order valence-electron chi connectivity index (χ2n) is 9.01. The van der Waals surface area contributed by atoms with Crippen molar-refractivity contribution in [3.8, 4) is 0 Å². The molecular weight excluding hydrogens is 574 g/mol. The molecule has 0 saturated heterocycles. The number of aromatic nitrogens is 1. The average Bonchev–Trinajstić information content (AvgIpc) is 3.40. The number of thiazole rings is 1. The first-order valence-corrected chi connectivity index (χ1v) is 14.6. The summed E-state index contributed by atoms with van der Waals surface area (Å²) in [6, 6.07) is 21.1. The van der Waals surface area contributed by atoms with Gasteiger partial charge in [-0.3, -0.25) is 24.5 Å². The number of non-ortho nitro benzene ring substituents is 1. The molecule has 0 aliphatic carbocycles. The van der Waals surface area contributed by atoms with Crippen molar-refractivity contribution in [3.05, 3.63) is 117 Å². The van der Waals surface area contributed by atoms with E-state index < -0.39 is 16.7 Å². The van der Waals surface area contributed by atoms with Gasteiger partial charge in [0.25, 0.3) is 17.5 Å². The van der Waals surface area contributed by atoms with Crippen molar-refractivity contribution in [2.24, 2.45) is 0 Å². The Morgan fingerprint density at radius 2 is 1.76 bits per heavy atom. The second kappa shape index (κ2) is 14.2. The number of hydrogen-bond acceptors (Lipinski definition) is 8. The van der Waals surface area contributed by atoms with Crippen LogP contribution in [0.5, 0.6) is 0 Å². The fraction of sp³-hybridized carbons (Fsp3) is 0.133. The number of nitrogens with one attached hydrogen (secondary N) is 3. The number of amides is 3. The number of carbonyl (C=O) groups excluding carboxylic acids is 3. The molecule has 0 radical (unpaired) electrons. The van der Waals surface area contributed by atoms with Gasteiger partial charge in [-0.05, 0) is 67.4 Å². The van der Waals surface area contributed by atoms with Gasteiger partial charge in [0.2, 0.25) is 5.91 Å². The number of nitro benzene ring substituents is 1. The smallest absolute Gasteiger partial charge is 0.272 e. The van der Waals surface area contributed by atoms with Gasteiger partial charge in [-0.25, -0.2) is 4.98 Å². The molecule has 1 heterocycles. The van der Waals surface area contributed by atoms with E-state index in [0.717, 1.165) is 10.6 Å². The Balaban J connectivity index is 1.51. The standard InChI is InChI=1S/C30H27N5O5S2/c1-3-26(29(38)34-30-31-19(2)18-41-30)42-24-11-7-10-22(17-24)32-28(37)25(33-27(36)21-8-5-4-6-9-21)16-20-12-14-23(15-13-20)35(39)40/h4-18,26H,3H2,1-2H3,(H,32,37)(H,33,36)(H,31,34,38)/b25-16+. The lowest BCUT2D eigenvalue weighted by Crippen LogP contribution is -2.30. The van der Waals surface area contributed by atoms with Gasteiger partial charge >= 0.3 is 0 Å². The monoisotopic (exact) mass is 601 g/mol. The number of anilines is 2. The van der Waals surface area contributed by atoms with E-state index in [9.17, 15) is 24.5 Å². The fourth-order valence-electron chi connectivity index (χ4n) is 3.73. The molecule has 1 atom stereocenters. The average molecular weight is 602 g/mol. The minimum atomic E-state index is -0.594. The molecule has 10 nitrogen and oxygen atoms in total. The molecule has 4 rings (SSSR count). The zero-order chi connectivity index (χ0) is 30.1. The molecular formula is C30H27N5O5S2. The van der Waals surface area contributed by atoms with Gasteiger partial charge in [0.05, 0.1) is 15.9 Å². The summed E-state index contributed by atoms with van der Waals surface area (Å²) in [5.41, 5.74) is 1.98. The zero-order valence-corrected chi connectivity index (χ0v) is 24.3. The number of rotatable bonds is 11. The SMILES string of the molecule is CCC(Sc1cccc(NC(=O)/C(=C\c2ccc([N+](=O)[O-])cc2)NC(=O)c2ccccc2)c1)C(=O)Nc1nc(C)cs1. The molecule has 3 amide bonds. The summed E-state index contributed by atoms with van der Waals surface area (Å²) in [5, 5.41) is 21.3. The van der Waals surface area contributed by atoms with Crippen LogP contribution < -0.4 is 16.0 Å². The molecule has 0 saturated carbocycles. The maximum atomic E-state index is 13.4. The van der Waals surface area contributed by atoms with Crippen LogP contribution in [0.4, 0.5) is 16.5 Å². The number of nitrogens with zero attached hydrogens (tertiary/aromatic N) is 2. The summed E-state index contributed by atoms with van der Waals surface area (Å²) < 4.78 is 0. The number of benzene rings is 3. The Morgan fingerprint density at radius 1 is 1.02 bits per heavy atom. The maximum Gasteiger partial charge on any atom is 0.272 e. The van der Waals surface area contributed by atoms with Crippen molar-refractivity contribution in [1.82, 2.24) is 10.3 Å². The fourth-order valence-corrected chi connectivity index (χ4v) is 5.44. The molecule has 12 heteroatoms. The Bertz CT molecular complexity index is 1620. The normalized spacial score (nSPS) is 11.8. The molecule has 1 unspecified atom stereocenters. The molecule has 1 aromatic heterocycles. The minimum Gasteiger partial charge on any atom is -0.321 e. The van der Waals surface area contributed by atoms with Crippen LogP contribution in [0.25, 0.3) is 6.08 Å². The first-order chi connectivity index (χ1) is 20.2. The van der Waals surface area contributed by atoms with Crippen molar-refractivity contribution < 1.29 is 19.3 Å². The largest absolute Gasteiger partial charge is 0.321 e. The van der Waals surface area contributed by atoms with Crippen molar-refractivity contribution in [3.63, 3.8) is 0 Å². The van der Waals surface area contributed by atoms with Gasteiger partial charge in [0, 0.05) is 33.7 Å². The second-order valence-corrected chi connectivity index (χ2v) is 11.1. The van der Waals surface area contributed by atoms with Crippen LogP contribution >= 0.6 is 23.1 Å². The Hall–Kier alpha value is -4.81. The Labute approximate surface area is 250 Å². The topological polar surface area (TPSA) is 143 Å². The number of nitro groups is 1. The van der Waals surface area contributed by atoms with Gasteiger partial charge in [-0.1, -0.05) is 31.2 Å². The van der Waals surface area contributed by atoms with Gasteiger partial charge < -0.3 is 16.0 Å². The molecule has 0 aliphatic rings. The number of thioether (sulfide) groups is 1. The van der Waals surface area contributed by atoms with Crippen LogP contribution in [0.3, 0.4) is 0 Å². The van der Waals surface area contributed by atoms with E-state index in [1.807, 2.05) is 25.3 Å². The first-order valence-electron chi connectivity index (χ1n) is 12.9. The highest BCUT2D eigenvalue weighted by atomic mass is 32.2. The van der Waals surface area contributed by atoms with Crippen LogP contribution in [0.1, 0.15) is 35.0 Å². The lowest BCUT2D eigenvalue weighted by molar-refractivity contribution is -0.384. The summed E-state index contributed by atoms with van der Waals surface area (Å²) in [6.07, 6.45) is 2.02. The van der Waals surface area contributed by atoms with Crippen LogP contribution in [-0.4, -0.2) is 32.9 Å². The van der Waals surface area contributed by atoms with E-state index in [1.54, 1.807) is 48.5 Å². The van der Waals surface area contributed by atoms with Crippen molar-refractivity contribution in [1.29, 1.82) is 0 Å². The quantitative estimate of drug-likeness (QED) is 0.0795. The summed E-state index contributed by atoms with van der Waals surface area (Å²) in [4.78, 5) is 54.7. The molecule has 0 spiro atoms. The third-order valence-electron chi connectivity index (χ3n) is 5.83. The van der Waals surface area contributed by atoms with E-state index in [1.165, 1.54) is 53.4 Å². The first kappa shape index (κ1) is 30.2. The van der Waals surface area contributed by atoms with Gasteiger partial charge in [0.15, 0.2) is 5.13 Å². The highest BCUT2D eigenvalue weighted by molar-refractivity contribution is 8.00. The van der Waals surface area contributed by atoms with E-state index in [4.69, 9.17) is 0 Å². The minimum absolute atomic E-state index is 0.0553. The van der Waals surface area contributed by atoms with Gasteiger partial charge in [-0.2, -0.15) is 0 Å². The van der Waals surface area contributed by atoms with Crippen LogP contribution in [0, 0.1) is 17.0 Å². The molecule has 0 aliphatic heterocycles. The van der Waals surface area contributed by atoms with Crippen molar-refractivity contribution >= 4 is 63.4 Å². The third-order valence-corrected chi connectivity index (χ3v) is 8.06. The lowest BCUT2D eigenvalue weighted by Gasteiger charge is -2.15. The van der Waals surface area contributed by atoms with Crippen LogP contribution in [-0.2, 0) is 9.59 Å². The number of aryl methyl sites for hydroxylation is 1. The van der Waals surface area contributed by atoms with Crippen LogP contribution in [0.15, 0.2) is 94.8 Å². The van der Waals surface area contributed by atoms with Gasteiger partial charge in [0.1, 0.15) is 5.70 Å². The summed E-state index contributed by atoms with van der Waals surface area (Å²) in [5.74, 6) is -1.25. The van der Waals surface area contributed by atoms with Crippen molar-refractivity contribution in [2.75, 3.05) is 10.6 Å². The lowest BCUT2D eigenvalue weighted by atomic mass is 10.1. The van der Waals surface area contributed by atoms with E-state index in [0.29, 0.717) is 28.4 Å². The predicted molar refractivity (Wildman–Crippen MR) is 165 cm³/mol. The van der Waals surface area contributed by atoms with Crippen LogP contribution in [0.2, 0.25) is 0 Å². The number of hydrogen-bond donors (Lipinski definition) is 3. The van der Waals surface area contributed by atoms with E-state index >= 15 is 0 Å². The van der Waals surface area contributed by atoms with E-state index in [2.05, 4.69) is 20.9 Å². The molecule has 3 aromatic carbocycles. The summed E-state index contributed by atoms with van der Waals surface area (Å²) >= 11 is 2.72. The number of carbonyl (C=O) groups is 3. The molecule has 4 aromatic rings. The molecule has 214 valence electrons. The summed E-state index contributed by atoms with van der Waals surface area (Å²) in [7, 11) is 0. The maximum absolute atomic E-state index is 13.4. The Morgan fingerprint density at radius 3 is 2.40 bits per heavy atom. The summed E-state index contributed by atoms with van der Waals surface area (Å²) in [6.45, 7) is 3.78. The zero-order valence-electron chi connectivity index (χ0n) is 22.7. The molecule has 42 heavy (non-hydrogen) atoms. The Kier molecular flexibility index (Phi) is 10.2. The molecule has 0 bridgehead atoms. The highest BCUT2D eigenvalue weighted by Gasteiger charge is 2.20. The van der Waals surface area contributed by atoms with Crippen molar-refractivity contribution in [2.45, 2.75) is 30.4 Å². The highest BCUT2D eigenvalue weighted by Crippen LogP contribution is 2.29. The predicted octanol–water partition coefficient (Wildman–Crippen LogP) is 6.28.